The van der Waals surface area contributed by atoms with E-state index in [0.717, 1.165) is 18.2 Å². The first-order chi connectivity index (χ1) is 8.49. The van der Waals surface area contributed by atoms with Crippen LogP contribution in [0.4, 0.5) is 18.9 Å². The molecule has 0 N–H and O–H groups in total. The molecule has 2 aromatic rings. The molecule has 0 aliphatic carbocycles. The SMILES string of the molecule is O=[N+]([O-])c1ccc(F)c(-c2ncc(F)cc2F)c1. The van der Waals surface area contributed by atoms with Crippen LogP contribution in [0.25, 0.3) is 11.3 Å². The number of non-ortho nitro benzene ring substituents is 1. The van der Waals surface area contributed by atoms with Crippen molar-refractivity contribution in [2.45, 2.75) is 0 Å². The molecule has 0 aliphatic heterocycles. The minimum absolute atomic E-state index is 0.387. The third-order valence-corrected chi connectivity index (χ3v) is 2.22. The second-order valence-electron chi connectivity index (χ2n) is 3.41. The van der Waals surface area contributed by atoms with Crippen molar-refractivity contribution in [3.05, 3.63) is 58.0 Å². The molecule has 4 nitrogen and oxygen atoms in total. The summed E-state index contributed by atoms with van der Waals surface area (Å²) in [6.07, 6.45) is 0.705. The minimum atomic E-state index is -1.09. The number of halogens is 3. The van der Waals surface area contributed by atoms with Crippen molar-refractivity contribution in [3.8, 4) is 11.3 Å². The molecule has 0 amide bonds. The van der Waals surface area contributed by atoms with Crippen molar-refractivity contribution in [1.82, 2.24) is 4.98 Å². The first-order valence-corrected chi connectivity index (χ1v) is 4.74. The van der Waals surface area contributed by atoms with E-state index in [1.807, 2.05) is 0 Å². The fraction of sp³-hybridized carbons (Fsp3) is 0. The molecule has 0 fully saturated rings. The molecule has 0 bridgehead atoms. The zero-order chi connectivity index (χ0) is 13.3. The third kappa shape index (κ3) is 2.15. The Balaban J connectivity index is 2.62. The molecule has 0 aliphatic rings. The largest absolute Gasteiger partial charge is 0.270 e. The lowest BCUT2D eigenvalue weighted by Gasteiger charge is -2.04. The lowest BCUT2D eigenvalue weighted by Crippen LogP contribution is -1.96. The molecule has 0 unspecified atom stereocenters. The van der Waals surface area contributed by atoms with E-state index >= 15 is 0 Å². The molecule has 18 heavy (non-hydrogen) atoms. The van der Waals surface area contributed by atoms with Crippen molar-refractivity contribution in [3.63, 3.8) is 0 Å². The minimum Gasteiger partial charge on any atom is -0.258 e. The average molecular weight is 254 g/mol. The summed E-state index contributed by atoms with van der Waals surface area (Å²) in [5.74, 6) is -2.88. The van der Waals surface area contributed by atoms with Crippen molar-refractivity contribution in [2.24, 2.45) is 0 Å². The molecular weight excluding hydrogens is 249 g/mol. The summed E-state index contributed by atoms with van der Waals surface area (Å²) < 4.78 is 39.6. The third-order valence-electron chi connectivity index (χ3n) is 2.22. The molecule has 7 heteroatoms. The van der Waals surface area contributed by atoms with Gasteiger partial charge in [0.15, 0.2) is 5.82 Å². The maximum absolute atomic E-state index is 13.5. The second kappa shape index (κ2) is 4.44. The van der Waals surface area contributed by atoms with Gasteiger partial charge in [-0.05, 0) is 6.07 Å². The van der Waals surface area contributed by atoms with Crippen LogP contribution in [0, 0.1) is 27.6 Å². The highest BCUT2D eigenvalue weighted by Crippen LogP contribution is 2.27. The second-order valence-corrected chi connectivity index (χ2v) is 3.41. The summed E-state index contributed by atoms with van der Waals surface area (Å²) in [6, 6.07) is 3.15. The quantitative estimate of drug-likeness (QED) is 0.611. The molecule has 92 valence electrons. The summed E-state index contributed by atoms with van der Waals surface area (Å²) in [7, 11) is 0. The van der Waals surface area contributed by atoms with Gasteiger partial charge in [-0.1, -0.05) is 0 Å². The van der Waals surface area contributed by atoms with Gasteiger partial charge in [-0.3, -0.25) is 10.1 Å². The van der Waals surface area contributed by atoms with E-state index in [4.69, 9.17) is 0 Å². The Morgan fingerprint density at radius 2 is 1.83 bits per heavy atom. The Morgan fingerprint density at radius 1 is 1.11 bits per heavy atom. The van der Waals surface area contributed by atoms with Crippen molar-refractivity contribution in [1.29, 1.82) is 0 Å². The van der Waals surface area contributed by atoms with Crippen molar-refractivity contribution in [2.75, 3.05) is 0 Å². The van der Waals surface area contributed by atoms with Gasteiger partial charge in [0.05, 0.1) is 11.1 Å². The monoisotopic (exact) mass is 254 g/mol. The summed E-state index contributed by atoms with van der Waals surface area (Å²) in [4.78, 5) is 13.2. The van der Waals surface area contributed by atoms with Gasteiger partial charge in [-0.25, -0.2) is 18.2 Å². The van der Waals surface area contributed by atoms with Gasteiger partial charge in [0.1, 0.15) is 17.3 Å². The number of nitrogens with zero attached hydrogens (tertiary/aromatic N) is 2. The van der Waals surface area contributed by atoms with Gasteiger partial charge in [-0.15, -0.1) is 0 Å². The Morgan fingerprint density at radius 3 is 2.44 bits per heavy atom. The normalized spacial score (nSPS) is 10.4. The summed E-state index contributed by atoms with van der Waals surface area (Å²) >= 11 is 0. The fourth-order valence-corrected chi connectivity index (χ4v) is 1.42. The molecule has 0 atom stereocenters. The number of benzene rings is 1. The van der Waals surface area contributed by atoms with Crippen LogP contribution >= 0.6 is 0 Å². The molecule has 2 rings (SSSR count). The zero-order valence-corrected chi connectivity index (χ0v) is 8.73. The number of hydrogen-bond donors (Lipinski definition) is 0. The van der Waals surface area contributed by atoms with Gasteiger partial charge < -0.3 is 0 Å². The van der Waals surface area contributed by atoms with E-state index in [9.17, 15) is 23.3 Å². The molecule has 1 heterocycles. The van der Waals surface area contributed by atoms with Gasteiger partial charge in [-0.2, -0.15) is 0 Å². The molecule has 1 aromatic heterocycles. The van der Waals surface area contributed by atoms with Crippen LogP contribution in [0.2, 0.25) is 0 Å². The Labute approximate surface area is 98.9 Å². The van der Waals surface area contributed by atoms with Gasteiger partial charge in [0.25, 0.3) is 5.69 Å². The first-order valence-electron chi connectivity index (χ1n) is 4.74. The highest BCUT2D eigenvalue weighted by atomic mass is 19.1. The van der Waals surface area contributed by atoms with Crippen LogP contribution in [0.5, 0.6) is 0 Å². The Bertz CT molecular complexity index is 632. The van der Waals surface area contributed by atoms with Crippen LogP contribution in [0.15, 0.2) is 30.5 Å². The van der Waals surface area contributed by atoms with Crippen LogP contribution in [-0.2, 0) is 0 Å². The molecular formula is C11H5F3N2O2. The topological polar surface area (TPSA) is 56.0 Å². The number of aromatic nitrogens is 1. The van der Waals surface area contributed by atoms with Crippen LogP contribution < -0.4 is 0 Å². The maximum atomic E-state index is 13.5. The van der Waals surface area contributed by atoms with Gasteiger partial charge in [0.2, 0.25) is 0 Å². The summed E-state index contributed by atoms with van der Waals surface area (Å²) in [5, 5.41) is 10.5. The van der Waals surface area contributed by atoms with Gasteiger partial charge >= 0.3 is 0 Å². The molecule has 0 saturated heterocycles. The van der Waals surface area contributed by atoms with E-state index in [1.54, 1.807) is 0 Å². The van der Waals surface area contributed by atoms with Crippen LogP contribution in [0.1, 0.15) is 0 Å². The smallest absolute Gasteiger partial charge is 0.258 e. The fourth-order valence-electron chi connectivity index (χ4n) is 1.42. The van der Waals surface area contributed by atoms with E-state index < -0.39 is 33.8 Å². The highest BCUT2D eigenvalue weighted by molar-refractivity contribution is 5.63. The number of pyridine rings is 1. The number of nitro groups is 1. The molecule has 0 spiro atoms. The Kier molecular flexibility index (Phi) is 2.97. The van der Waals surface area contributed by atoms with E-state index in [-0.39, 0.29) is 5.56 Å². The Hall–Kier alpha value is -2.44. The lowest BCUT2D eigenvalue weighted by molar-refractivity contribution is -0.384. The maximum Gasteiger partial charge on any atom is 0.270 e. The van der Waals surface area contributed by atoms with Gasteiger partial charge in [0, 0.05) is 23.8 Å². The molecule has 0 saturated carbocycles. The summed E-state index contributed by atoms with van der Waals surface area (Å²) in [5.41, 5.74) is -1.27. The number of hydrogen-bond acceptors (Lipinski definition) is 3. The number of nitro benzene ring substituents is 1. The lowest BCUT2D eigenvalue weighted by atomic mass is 10.1. The highest BCUT2D eigenvalue weighted by Gasteiger charge is 2.16. The summed E-state index contributed by atoms with van der Waals surface area (Å²) in [6.45, 7) is 0. The van der Waals surface area contributed by atoms with E-state index in [1.165, 1.54) is 0 Å². The van der Waals surface area contributed by atoms with E-state index in [2.05, 4.69) is 4.98 Å². The predicted octanol–water partition coefficient (Wildman–Crippen LogP) is 3.07. The van der Waals surface area contributed by atoms with Crippen LogP contribution in [-0.4, -0.2) is 9.91 Å². The zero-order valence-electron chi connectivity index (χ0n) is 8.73. The molecule has 1 aromatic carbocycles. The predicted molar refractivity (Wildman–Crippen MR) is 56.2 cm³/mol. The first kappa shape index (κ1) is 12.0. The molecule has 0 radical (unpaired) electrons. The standard InChI is InChI=1S/C11H5F3N2O2/c12-6-3-10(14)11(15-5-6)8-4-7(16(17)18)1-2-9(8)13/h1-5H. The van der Waals surface area contributed by atoms with Crippen molar-refractivity contribution >= 4 is 5.69 Å². The van der Waals surface area contributed by atoms with Crippen molar-refractivity contribution < 1.29 is 18.1 Å². The number of rotatable bonds is 2. The van der Waals surface area contributed by atoms with Crippen LogP contribution in [0.3, 0.4) is 0 Å². The average Bonchev–Trinajstić information content (AvgIpc) is 2.30. The van der Waals surface area contributed by atoms with E-state index in [0.29, 0.717) is 12.3 Å².